The second-order valence-corrected chi connectivity index (χ2v) is 11.0. The Morgan fingerprint density at radius 1 is 1.26 bits per heavy atom. The van der Waals surface area contributed by atoms with Gasteiger partial charge in [-0.05, 0) is 71.6 Å². The van der Waals surface area contributed by atoms with Gasteiger partial charge >= 0.3 is 12.7 Å². The van der Waals surface area contributed by atoms with E-state index in [9.17, 15) is 18.4 Å². The van der Waals surface area contributed by atoms with Crippen molar-refractivity contribution in [2.24, 2.45) is 5.92 Å². The Bertz CT molecular complexity index is 1180. The number of rotatable bonds is 9. The lowest BCUT2D eigenvalue weighted by Gasteiger charge is -2.31. The number of amides is 2. The largest absolute Gasteiger partial charge is 0.489 e. The molecule has 1 aliphatic heterocycles. The van der Waals surface area contributed by atoms with Crippen molar-refractivity contribution in [2.45, 2.75) is 71.8 Å². The molecule has 2 N–H and O–H groups in total. The number of halogens is 2. The summed E-state index contributed by atoms with van der Waals surface area (Å²) in [5.41, 5.74) is -0.262. The van der Waals surface area contributed by atoms with Crippen LogP contribution in [0.25, 0.3) is 11.5 Å². The molecule has 4 rings (SSSR count). The lowest BCUT2D eigenvalue weighted by Crippen LogP contribution is -2.51. The number of benzene rings is 1. The Balaban J connectivity index is 1.67. The summed E-state index contributed by atoms with van der Waals surface area (Å²) in [6.45, 7) is 7.83. The Morgan fingerprint density at radius 2 is 2.00 bits per heavy atom. The average molecular weight is 551 g/mol. The molecular formula is C27H36F2N4O6. The smallest absolute Gasteiger partial charge is 0.408 e. The van der Waals surface area contributed by atoms with Crippen molar-refractivity contribution in [3.8, 4) is 23.0 Å². The molecule has 39 heavy (non-hydrogen) atoms. The predicted molar refractivity (Wildman–Crippen MR) is 138 cm³/mol. The van der Waals surface area contributed by atoms with E-state index >= 15 is 0 Å². The molecule has 1 saturated carbocycles. The predicted octanol–water partition coefficient (Wildman–Crippen LogP) is 4.75. The highest BCUT2D eigenvalue weighted by molar-refractivity contribution is 5.94. The molecule has 2 aromatic rings. The van der Waals surface area contributed by atoms with Crippen LogP contribution in [0, 0.1) is 5.92 Å². The molecule has 2 atom stereocenters. The standard InChI is InChI=1S/C27H36F2N4O6/c1-15-13-33(11-10-30-15)24(34)21-22(16(2)31-26(35)39-27(3,4)5)38-23(32-21)18-8-9-19(37-25(28)29)20(12-18)36-14-17-6-7-17/h8-9,12,15-17,25,30H,6-7,10-11,13-14H2,1-5H3,(H,31,35)/t15-,16+/m1/s1. The average Bonchev–Trinajstić information content (AvgIpc) is 3.56. The molecule has 2 fully saturated rings. The quantitative estimate of drug-likeness (QED) is 0.460. The number of carbonyl (C=O) groups excluding carboxylic acids is 2. The van der Waals surface area contributed by atoms with E-state index < -0.39 is 24.3 Å². The van der Waals surface area contributed by atoms with Crippen LogP contribution in [-0.2, 0) is 4.74 Å². The van der Waals surface area contributed by atoms with Crippen LogP contribution in [0.1, 0.15) is 69.8 Å². The van der Waals surface area contributed by atoms with Gasteiger partial charge in [0.1, 0.15) is 5.60 Å². The van der Waals surface area contributed by atoms with Crippen LogP contribution in [0.3, 0.4) is 0 Å². The summed E-state index contributed by atoms with van der Waals surface area (Å²) in [6, 6.07) is 3.71. The number of piperazine rings is 1. The number of aromatic nitrogens is 1. The van der Waals surface area contributed by atoms with Gasteiger partial charge in [-0.15, -0.1) is 0 Å². The van der Waals surface area contributed by atoms with Crippen LogP contribution in [0.4, 0.5) is 13.6 Å². The van der Waals surface area contributed by atoms with Gasteiger partial charge in [0.05, 0.1) is 12.6 Å². The highest BCUT2D eigenvalue weighted by atomic mass is 19.3. The van der Waals surface area contributed by atoms with Crippen LogP contribution >= 0.6 is 0 Å². The van der Waals surface area contributed by atoms with Gasteiger partial charge in [-0.1, -0.05) is 0 Å². The van der Waals surface area contributed by atoms with Crippen molar-refractivity contribution in [1.29, 1.82) is 0 Å². The number of hydrogen-bond donors (Lipinski definition) is 2. The van der Waals surface area contributed by atoms with Crippen LogP contribution < -0.4 is 20.1 Å². The molecule has 0 bridgehead atoms. The zero-order valence-corrected chi connectivity index (χ0v) is 22.9. The molecule has 12 heteroatoms. The molecule has 1 aliphatic carbocycles. The second-order valence-electron chi connectivity index (χ2n) is 11.0. The third-order valence-corrected chi connectivity index (χ3v) is 6.22. The summed E-state index contributed by atoms with van der Waals surface area (Å²) in [5.74, 6) is 0.297. The second kappa shape index (κ2) is 11.8. The SMILES string of the molecule is C[C@@H]1CN(C(=O)c2nc(-c3ccc(OC(F)F)c(OCC4CC4)c3)oc2[C@H](C)NC(=O)OC(C)(C)C)CCN1. The molecular weight excluding hydrogens is 514 g/mol. The normalized spacial score (nSPS) is 18.6. The maximum Gasteiger partial charge on any atom is 0.408 e. The summed E-state index contributed by atoms with van der Waals surface area (Å²) in [7, 11) is 0. The fourth-order valence-electron chi connectivity index (χ4n) is 4.16. The van der Waals surface area contributed by atoms with Crippen molar-refractivity contribution >= 4 is 12.0 Å². The van der Waals surface area contributed by atoms with Crippen LogP contribution in [0.5, 0.6) is 11.5 Å². The highest BCUT2D eigenvalue weighted by Crippen LogP contribution is 2.37. The molecule has 214 valence electrons. The van der Waals surface area contributed by atoms with Crippen molar-refractivity contribution in [2.75, 3.05) is 26.2 Å². The van der Waals surface area contributed by atoms with Gasteiger partial charge in [0.2, 0.25) is 5.89 Å². The Hall–Kier alpha value is -3.41. The van der Waals surface area contributed by atoms with Gasteiger partial charge in [0.15, 0.2) is 23.0 Å². The van der Waals surface area contributed by atoms with Gasteiger partial charge in [0, 0.05) is 31.2 Å². The van der Waals surface area contributed by atoms with E-state index in [0.29, 0.717) is 37.7 Å². The summed E-state index contributed by atoms with van der Waals surface area (Å²) in [5, 5.41) is 5.99. The maximum absolute atomic E-state index is 13.6. The van der Waals surface area contributed by atoms with Gasteiger partial charge in [-0.2, -0.15) is 8.78 Å². The molecule has 10 nitrogen and oxygen atoms in total. The summed E-state index contributed by atoms with van der Waals surface area (Å²) in [6.07, 6.45) is 1.37. The van der Waals surface area contributed by atoms with Gasteiger partial charge in [0.25, 0.3) is 5.91 Å². The summed E-state index contributed by atoms with van der Waals surface area (Å²) in [4.78, 5) is 32.2. The Kier molecular flexibility index (Phi) is 8.63. The molecule has 0 spiro atoms. The number of nitrogens with one attached hydrogen (secondary N) is 2. The van der Waals surface area contributed by atoms with Crippen molar-refractivity contribution in [3.63, 3.8) is 0 Å². The monoisotopic (exact) mass is 550 g/mol. The fourth-order valence-corrected chi connectivity index (χ4v) is 4.16. The third kappa shape index (κ3) is 7.81. The zero-order chi connectivity index (χ0) is 28.3. The molecule has 1 aromatic carbocycles. The van der Waals surface area contributed by atoms with E-state index in [2.05, 4.69) is 20.4 Å². The maximum atomic E-state index is 13.6. The zero-order valence-electron chi connectivity index (χ0n) is 22.9. The lowest BCUT2D eigenvalue weighted by atomic mass is 10.1. The van der Waals surface area contributed by atoms with Gasteiger partial charge in [-0.25, -0.2) is 9.78 Å². The minimum absolute atomic E-state index is 0.0519. The number of alkyl halides is 2. The minimum Gasteiger partial charge on any atom is -0.489 e. The number of oxazole rings is 1. The molecule has 2 aliphatic rings. The molecule has 2 heterocycles. The van der Waals surface area contributed by atoms with Crippen molar-refractivity contribution < 1.29 is 37.0 Å². The summed E-state index contributed by atoms with van der Waals surface area (Å²) >= 11 is 0. The van der Waals surface area contributed by atoms with E-state index in [1.165, 1.54) is 18.2 Å². The van der Waals surface area contributed by atoms with E-state index in [-0.39, 0.29) is 40.8 Å². The van der Waals surface area contributed by atoms with Crippen LogP contribution in [-0.4, -0.2) is 66.4 Å². The Labute approximate surface area is 226 Å². The fraction of sp³-hybridized carbons (Fsp3) is 0.593. The highest BCUT2D eigenvalue weighted by Gasteiger charge is 2.32. The topological polar surface area (TPSA) is 115 Å². The number of alkyl carbamates (subject to hydrolysis) is 1. The molecule has 0 unspecified atom stereocenters. The van der Waals surface area contributed by atoms with Crippen molar-refractivity contribution in [1.82, 2.24) is 20.5 Å². The third-order valence-electron chi connectivity index (χ3n) is 6.22. The number of carbonyl (C=O) groups is 2. The van der Waals surface area contributed by atoms with Gasteiger partial charge < -0.3 is 34.2 Å². The van der Waals surface area contributed by atoms with Crippen LogP contribution in [0.2, 0.25) is 0 Å². The van der Waals surface area contributed by atoms with Gasteiger partial charge in [-0.3, -0.25) is 4.79 Å². The van der Waals surface area contributed by atoms with E-state index in [1.54, 1.807) is 32.6 Å². The number of hydrogen-bond acceptors (Lipinski definition) is 8. The lowest BCUT2D eigenvalue weighted by molar-refractivity contribution is -0.0515. The first-order valence-electron chi connectivity index (χ1n) is 13.1. The number of nitrogens with zero attached hydrogens (tertiary/aromatic N) is 2. The first-order chi connectivity index (χ1) is 18.4. The number of ether oxygens (including phenoxy) is 3. The summed E-state index contributed by atoms with van der Waals surface area (Å²) < 4.78 is 47.8. The molecule has 1 aromatic heterocycles. The molecule has 0 radical (unpaired) electrons. The first kappa shape index (κ1) is 28.6. The van der Waals surface area contributed by atoms with E-state index in [0.717, 1.165) is 12.8 Å². The van der Waals surface area contributed by atoms with Crippen LogP contribution in [0.15, 0.2) is 22.6 Å². The Morgan fingerprint density at radius 3 is 2.64 bits per heavy atom. The van der Waals surface area contributed by atoms with E-state index in [4.69, 9.17) is 13.9 Å². The molecule has 2 amide bonds. The first-order valence-corrected chi connectivity index (χ1v) is 13.1. The molecule has 1 saturated heterocycles. The van der Waals surface area contributed by atoms with Crippen molar-refractivity contribution in [3.05, 3.63) is 29.7 Å². The van der Waals surface area contributed by atoms with E-state index in [1.807, 2.05) is 6.92 Å². The minimum atomic E-state index is -3.02.